The van der Waals surface area contributed by atoms with Crippen molar-refractivity contribution in [2.75, 3.05) is 5.32 Å². The van der Waals surface area contributed by atoms with Crippen molar-refractivity contribution in [3.8, 4) is 10.6 Å². The molecule has 2 N–H and O–H groups in total. The first kappa shape index (κ1) is 15.7. The maximum Gasteiger partial charge on any atom is 0.328 e. The summed E-state index contributed by atoms with van der Waals surface area (Å²) in [5.74, 6) is -1.75. The van der Waals surface area contributed by atoms with Crippen molar-refractivity contribution < 1.29 is 9.18 Å². The number of anilines is 1. The highest BCUT2D eigenvalue weighted by atomic mass is 32.1. The van der Waals surface area contributed by atoms with Gasteiger partial charge >= 0.3 is 5.69 Å². The van der Waals surface area contributed by atoms with Crippen molar-refractivity contribution in [2.24, 2.45) is 0 Å². The number of hydrogen-bond acceptors (Lipinski definition) is 6. The smallest absolute Gasteiger partial charge is 0.299 e. The van der Waals surface area contributed by atoms with Gasteiger partial charge in [-0.05, 0) is 0 Å². The van der Waals surface area contributed by atoms with E-state index in [-0.39, 0.29) is 5.13 Å². The molecule has 122 valence electrons. The molecule has 2 heterocycles. The van der Waals surface area contributed by atoms with Crippen molar-refractivity contribution in [1.82, 2.24) is 19.7 Å². The number of aromatic amines is 1. The number of halogens is 1. The van der Waals surface area contributed by atoms with Crippen LogP contribution in [0.5, 0.6) is 0 Å². The summed E-state index contributed by atoms with van der Waals surface area (Å²) in [5.41, 5.74) is -1.15. The summed E-state index contributed by atoms with van der Waals surface area (Å²) in [6.07, 6.45) is 0.677. The Labute approximate surface area is 137 Å². The third-order valence-electron chi connectivity index (χ3n) is 2.97. The third kappa shape index (κ3) is 3.43. The number of H-pyrrole nitrogens is 1. The Morgan fingerprint density at radius 2 is 2.00 bits per heavy atom. The molecule has 0 atom stereocenters. The third-order valence-corrected chi connectivity index (χ3v) is 3.86. The van der Waals surface area contributed by atoms with Gasteiger partial charge in [-0.15, -0.1) is 10.2 Å². The van der Waals surface area contributed by atoms with Crippen LogP contribution in [0.15, 0.2) is 46.1 Å². The first-order valence-corrected chi connectivity index (χ1v) is 7.52. The van der Waals surface area contributed by atoms with Crippen molar-refractivity contribution in [3.63, 3.8) is 0 Å². The molecule has 3 rings (SSSR count). The molecule has 0 saturated carbocycles. The van der Waals surface area contributed by atoms with Gasteiger partial charge in [-0.2, -0.15) is 4.39 Å². The van der Waals surface area contributed by atoms with Crippen LogP contribution < -0.4 is 16.6 Å². The highest BCUT2D eigenvalue weighted by Gasteiger charge is 2.12. The van der Waals surface area contributed by atoms with Crippen LogP contribution in [0.3, 0.4) is 0 Å². The molecule has 0 spiro atoms. The minimum atomic E-state index is -1.15. The van der Waals surface area contributed by atoms with Gasteiger partial charge in [-0.25, -0.2) is 4.79 Å². The molecule has 0 saturated heterocycles. The molecule has 0 radical (unpaired) electrons. The van der Waals surface area contributed by atoms with E-state index in [1.807, 2.05) is 30.3 Å². The van der Waals surface area contributed by atoms with Crippen molar-refractivity contribution in [3.05, 3.63) is 63.2 Å². The summed E-state index contributed by atoms with van der Waals surface area (Å²) in [4.78, 5) is 36.2. The lowest BCUT2D eigenvalue weighted by atomic mass is 10.2. The largest absolute Gasteiger partial charge is 0.328 e. The average Bonchev–Trinajstić information content (AvgIpc) is 3.02. The van der Waals surface area contributed by atoms with Gasteiger partial charge in [0.1, 0.15) is 11.6 Å². The summed E-state index contributed by atoms with van der Waals surface area (Å²) in [5, 5.41) is 11.2. The van der Waals surface area contributed by atoms with Crippen LogP contribution in [-0.2, 0) is 11.3 Å². The Bertz CT molecular complexity index is 995. The number of hydrogen-bond donors (Lipinski definition) is 2. The zero-order chi connectivity index (χ0) is 17.1. The highest BCUT2D eigenvalue weighted by molar-refractivity contribution is 7.18. The Kier molecular flexibility index (Phi) is 4.29. The lowest BCUT2D eigenvalue weighted by Gasteiger charge is -2.04. The van der Waals surface area contributed by atoms with E-state index in [2.05, 4.69) is 15.5 Å². The summed E-state index contributed by atoms with van der Waals surface area (Å²) < 4.78 is 13.9. The van der Waals surface area contributed by atoms with Crippen LogP contribution in [0.4, 0.5) is 9.52 Å². The zero-order valence-electron chi connectivity index (χ0n) is 12.0. The molecule has 0 aliphatic heterocycles. The maximum absolute atomic E-state index is 13.2. The summed E-state index contributed by atoms with van der Waals surface area (Å²) >= 11 is 1.16. The summed E-state index contributed by atoms with van der Waals surface area (Å²) in [6, 6.07) is 9.29. The van der Waals surface area contributed by atoms with E-state index in [0.717, 1.165) is 21.5 Å². The second-order valence-electron chi connectivity index (χ2n) is 4.69. The molecule has 8 nitrogen and oxygen atoms in total. The quantitative estimate of drug-likeness (QED) is 0.726. The lowest BCUT2D eigenvalue weighted by Crippen LogP contribution is -2.34. The van der Waals surface area contributed by atoms with Crippen molar-refractivity contribution in [2.45, 2.75) is 6.54 Å². The number of nitrogens with zero attached hydrogens (tertiary/aromatic N) is 3. The van der Waals surface area contributed by atoms with E-state index in [1.165, 1.54) is 0 Å². The molecule has 0 aliphatic carbocycles. The van der Waals surface area contributed by atoms with E-state index < -0.39 is 29.5 Å². The molecule has 0 aliphatic rings. The summed E-state index contributed by atoms with van der Waals surface area (Å²) in [6.45, 7) is -0.465. The molecule has 0 unspecified atom stereocenters. The van der Waals surface area contributed by atoms with Crippen LogP contribution in [0, 0.1) is 5.82 Å². The molecule has 10 heteroatoms. The van der Waals surface area contributed by atoms with E-state index in [1.54, 1.807) is 4.98 Å². The van der Waals surface area contributed by atoms with Crippen molar-refractivity contribution in [1.29, 1.82) is 0 Å². The van der Waals surface area contributed by atoms with Crippen LogP contribution >= 0.6 is 11.3 Å². The van der Waals surface area contributed by atoms with E-state index in [4.69, 9.17) is 0 Å². The molecular formula is C14H10FN5O3S. The standard InChI is InChI=1S/C14H10FN5O3S/c15-9-6-20(14(23)17-11(9)22)7-10(21)16-13-19-18-12(24-13)8-4-2-1-3-5-8/h1-6H,7H2,(H,16,19,21)(H,17,22,23). The fourth-order valence-corrected chi connectivity index (χ4v) is 2.65. The first-order chi connectivity index (χ1) is 11.5. The topological polar surface area (TPSA) is 110 Å². The average molecular weight is 347 g/mol. The lowest BCUT2D eigenvalue weighted by molar-refractivity contribution is -0.116. The number of carbonyl (C=O) groups excluding carboxylic acids is 1. The van der Waals surface area contributed by atoms with E-state index in [0.29, 0.717) is 11.2 Å². The minimum Gasteiger partial charge on any atom is -0.299 e. The number of aromatic nitrogens is 4. The Morgan fingerprint density at radius 3 is 2.75 bits per heavy atom. The normalized spacial score (nSPS) is 10.5. The number of carbonyl (C=O) groups is 1. The molecule has 0 fully saturated rings. The van der Waals surface area contributed by atoms with Gasteiger partial charge in [0.05, 0.1) is 6.20 Å². The molecule has 3 aromatic rings. The second-order valence-corrected chi connectivity index (χ2v) is 5.67. The van der Waals surface area contributed by atoms with Crippen LogP contribution in [0.2, 0.25) is 0 Å². The monoisotopic (exact) mass is 347 g/mol. The fourth-order valence-electron chi connectivity index (χ4n) is 1.88. The predicted molar refractivity (Wildman–Crippen MR) is 85.3 cm³/mol. The van der Waals surface area contributed by atoms with Crippen LogP contribution in [-0.4, -0.2) is 25.7 Å². The fraction of sp³-hybridized carbons (Fsp3) is 0.0714. The zero-order valence-corrected chi connectivity index (χ0v) is 12.8. The van der Waals surface area contributed by atoms with E-state index in [9.17, 15) is 18.8 Å². The number of benzene rings is 1. The Hall–Kier alpha value is -3.14. The Balaban J connectivity index is 1.72. The molecule has 1 amide bonds. The Morgan fingerprint density at radius 1 is 1.25 bits per heavy atom. The van der Waals surface area contributed by atoms with Gasteiger partial charge in [0.25, 0.3) is 5.56 Å². The van der Waals surface area contributed by atoms with Gasteiger partial charge < -0.3 is 0 Å². The number of nitrogens with one attached hydrogen (secondary N) is 2. The maximum atomic E-state index is 13.2. The molecule has 1 aromatic carbocycles. The number of rotatable bonds is 4. The van der Waals surface area contributed by atoms with Crippen molar-refractivity contribution >= 4 is 22.4 Å². The van der Waals surface area contributed by atoms with E-state index >= 15 is 0 Å². The molecule has 0 bridgehead atoms. The van der Waals surface area contributed by atoms with Gasteiger partial charge in [-0.1, -0.05) is 41.7 Å². The molecular weight excluding hydrogens is 337 g/mol. The second kappa shape index (κ2) is 6.54. The molecule has 24 heavy (non-hydrogen) atoms. The highest BCUT2D eigenvalue weighted by Crippen LogP contribution is 2.25. The SMILES string of the molecule is O=C(Cn1cc(F)c(=O)[nH]c1=O)Nc1nnc(-c2ccccc2)s1. The van der Waals surface area contributed by atoms with Gasteiger partial charge in [0.2, 0.25) is 16.9 Å². The van der Waals surface area contributed by atoms with Gasteiger partial charge in [0, 0.05) is 5.56 Å². The first-order valence-electron chi connectivity index (χ1n) is 6.71. The number of amides is 1. The van der Waals surface area contributed by atoms with Crippen LogP contribution in [0.1, 0.15) is 0 Å². The van der Waals surface area contributed by atoms with Gasteiger partial charge in [-0.3, -0.25) is 24.5 Å². The van der Waals surface area contributed by atoms with Gasteiger partial charge in [0.15, 0.2) is 0 Å². The van der Waals surface area contributed by atoms with Crippen LogP contribution in [0.25, 0.3) is 10.6 Å². The minimum absolute atomic E-state index is 0.247. The summed E-state index contributed by atoms with van der Waals surface area (Å²) in [7, 11) is 0. The molecule has 2 aromatic heterocycles. The predicted octanol–water partition coefficient (Wildman–Crippen LogP) is 0.833.